The molecule has 1 aliphatic heterocycles. The minimum absolute atomic E-state index is 0.292. The molecule has 4 heteroatoms. The van der Waals surface area contributed by atoms with E-state index in [2.05, 4.69) is 0 Å². The van der Waals surface area contributed by atoms with Crippen molar-refractivity contribution in [2.45, 2.75) is 0 Å². The van der Waals surface area contributed by atoms with Crippen molar-refractivity contribution < 1.29 is 10.3 Å². The lowest BCUT2D eigenvalue weighted by Gasteiger charge is -2.23. The number of hydroxylamine groups is 2. The third-order valence-corrected chi connectivity index (χ3v) is 0.847. The summed E-state index contributed by atoms with van der Waals surface area (Å²) in [5.74, 6) is 0. The molecule has 0 aromatic carbocycles. The Bertz CT molecular complexity index is 92.9. The Morgan fingerprint density at radius 3 is 2.29 bits per heavy atom. The highest BCUT2D eigenvalue weighted by Gasteiger charge is 2.05. The molecule has 0 aliphatic carbocycles. The molecule has 1 heterocycles. The zero-order chi connectivity index (χ0) is 5.28. The van der Waals surface area contributed by atoms with Crippen molar-refractivity contribution in [3.63, 3.8) is 0 Å². The maximum Gasteiger partial charge on any atom is 0.145 e. The lowest BCUT2D eigenvalue weighted by atomic mass is 10.7. The Labute approximate surface area is 40.8 Å². The van der Waals surface area contributed by atoms with Crippen molar-refractivity contribution in [1.29, 1.82) is 0 Å². The second-order valence-electron chi connectivity index (χ2n) is 1.39. The molecule has 0 saturated carbocycles. The van der Waals surface area contributed by atoms with E-state index < -0.39 is 0 Å². The predicted octanol–water partition coefficient (Wildman–Crippen LogP) is -2.81. The maximum absolute atomic E-state index is 10.2. The van der Waals surface area contributed by atoms with E-state index in [-0.39, 0.29) is 10.3 Å². The SMILES string of the molecule is [O-][NH+]1C=CC[NH+]1[O-]. The fourth-order valence-electron chi connectivity index (χ4n) is 0.467. The predicted molar refractivity (Wildman–Crippen MR) is 22.7 cm³/mol. The van der Waals surface area contributed by atoms with E-state index in [1.807, 2.05) is 0 Å². The average molecular weight is 102 g/mol. The minimum Gasteiger partial charge on any atom is -0.583 e. The van der Waals surface area contributed by atoms with E-state index in [9.17, 15) is 10.4 Å². The van der Waals surface area contributed by atoms with Crippen LogP contribution >= 0.6 is 0 Å². The van der Waals surface area contributed by atoms with E-state index in [4.69, 9.17) is 0 Å². The Kier molecular flexibility index (Phi) is 1.07. The van der Waals surface area contributed by atoms with Crippen LogP contribution in [0.15, 0.2) is 12.3 Å². The lowest BCUT2D eigenvalue weighted by molar-refractivity contribution is -1.43. The van der Waals surface area contributed by atoms with Crippen molar-refractivity contribution in [2.75, 3.05) is 6.54 Å². The van der Waals surface area contributed by atoms with Gasteiger partial charge in [-0.3, -0.25) is 0 Å². The standard InChI is InChI=1S/C3H6N2O2/c6-4-2-1-3-5(4)7/h1-2,4-5H,3H2. The van der Waals surface area contributed by atoms with Crippen molar-refractivity contribution in [3.8, 4) is 0 Å². The van der Waals surface area contributed by atoms with Gasteiger partial charge in [-0.2, -0.15) is 5.17 Å². The summed E-state index contributed by atoms with van der Waals surface area (Å²) < 4.78 is 0. The second-order valence-corrected chi connectivity index (χ2v) is 1.39. The quantitative estimate of drug-likeness (QED) is 0.324. The van der Waals surface area contributed by atoms with Gasteiger partial charge in [0.2, 0.25) is 0 Å². The van der Waals surface area contributed by atoms with Gasteiger partial charge in [0.1, 0.15) is 12.7 Å². The molecule has 7 heavy (non-hydrogen) atoms. The molecule has 2 unspecified atom stereocenters. The Morgan fingerprint density at radius 1 is 1.43 bits per heavy atom. The highest BCUT2D eigenvalue weighted by Crippen LogP contribution is 1.56. The van der Waals surface area contributed by atoms with Gasteiger partial charge in [-0.15, -0.1) is 0 Å². The highest BCUT2D eigenvalue weighted by molar-refractivity contribution is 4.71. The van der Waals surface area contributed by atoms with Gasteiger partial charge >= 0.3 is 0 Å². The van der Waals surface area contributed by atoms with Gasteiger partial charge in [-0.25, -0.2) is 5.17 Å². The first kappa shape index (κ1) is 4.73. The molecule has 0 aromatic heterocycles. The van der Waals surface area contributed by atoms with Crippen LogP contribution < -0.4 is 10.3 Å². The molecule has 0 spiro atoms. The first-order valence-electron chi connectivity index (χ1n) is 2.04. The lowest BCUT2D eigenvalue weighted by Crippen LogP contribution is -3.52. The summed E-state index contributed by atoms with van der Waals surface area (Å²) >= 11 is 0. The highest BCUT2D eigenvalue weighted by atomic mass is 16.7. The van der Waals surface area contributed by atoms with Crippen LogP contribution in [0.3, 0.4) is 0 Å². The monoisotopic (exact) mass is 102 g/mol. The van der Waals surface area contributed by atoms with Crippen molar-refractivity contribution >= 4 is 0 Å². The van der Waals surface area contributed by atoms with Crippen LogP contribution in [-0.4, -0.2) is 6.54 Å². The Balaban J connectivity index is 2.45. The van der Waals surface area contributed by atoms with Crippen molar-refractivity contribution in [1.82, 2.24) is 0 Å². The summed E-state index contributed by atoms with van der Waals surface area (Å²) in [7, 11) is 0. The van der Waals surface area contributed by atoms with Gasteiger partial charge < -0.3 is 10.4 Å². The molecule has 2 atom stereocenters. The number of hydrogen-bond donors (Lipinski definition) is 2. The first-order chi connectivity index (χ1) is 3.30. The number of rotatable bonds is 0. The van der Waals surface area contributed by atoms with E-state index >= 15 is 0 Å². The zero-order valence-electron chi connectivity index (χ0n) is 3.68. The van der Waals surface area contributed by atoms with Crippen molar-refractivity contribution in [3.05, 3.63) is 22.7 Å². The molecule has 0 aromatic rings. The fraction of sp³-hybridized carbons (Fsp3) is 0.333. The molecule has 0 fully saturated rings. The summed E-state index contributed by atoms with van der Waals surface area (Å²) in [6, 6.07) is 0. The van der Waals surface area contributed by atoms with Crippen LogP contribution in [0.4, 0.5) is 0 Å². The second kappa shape index (κ2) is 1.59. The summed E-state index contributed by atoms with van der Waals surface area (Å²) in [5, 5.41) is 19.6. The number of quaternary nitrogens is 2. The Hall–Kier alpha value is -0.420. The van der Waals surface area contributed by atoms with Gasteiger partial charge in [-0.05, 0) is 0 Å². The molecule has 2 N–H and O–H groups in total. The third kappa shape index (κ3) is 0.779. The van der Waals surface area contributed by atoms with E-state index in [0.29, 0.717) is 6.54 Å². The maximum atomic E-state index is 10.2. The zero-order valence-corrected chi connectivity index (χ0v) is 3.68. The largest absolute Gasteiger partial charge is 0.583 e. The van der Waals surface area contributed by atoms with Crippen LogP contribution in [0, 0.1) is 10.4 Å². The van der Waals surface area contributed by atoms with Gasteiger partial charge in [0.15, 0.2) is 0 Å². The fourth-order valence-corrected chi connectivity index (χ4v) is 0.467. The molecule has 0 radical (unpaired) electrons. The topological polar surface area (TPSA) is 55.0 Å². The van der Waals surface area contributed by atoms with Crippen LogP contribution in [0.2, 0.25) is 0 Å². The smallest absolute Gasteiger partial charge is 0.145 e. The summed E-state index contributed by atoms with van der Waals surface area (Å²) in [6.07, 6.45) is 2.88. The molecule has 0 amide bonds. The van der Waals surface area contributed by atoms with Gasteiger partial charge in [-0.1, -0.05) is 0 Å². The minimum atomic E-state index is -0.361. The van der Waals surface area contributed by atoms with Gasteiger partial charge in [0.25, 0.3) is 0 Å². The van der Waals surface area contributed by atoms with E-state index in [1.54, 1.807) is 6.08 Å². The molecule has 1 rings (SSSR count). The first-order valence-corrected chi connectivity index (χ1v) is 2.04. The van der Waals surface area contributed by atoms with Crippen LogP contribution in [0.1, 0.15) is 0 Å². The molecule has 4 nitrogen and oxygen atoms in total. The summed E-state index contributed by atoms with van der Waals surface area (Å²) in [4.78, 5) is 0. The van der Waals surface area contributed by atoms with Crippen LogP contribution in [0.5, 0.6) is 0 Å². The molecular weight excluding hydrogens is 96.0 g/mol. The van der Waals surface area contributed by atoms with E-state index in [0.717, 1.165) is 0 Å². The molecule has 1 aliphatic rings. The van der Waals surface area contributed by atoms with Crippen LogP contribution in [-0.2, 0) is 0 Å². The van der Waals surface area contributed by atoms with Crippen molar-refractivity contribution in [2.24, 2.45) is 0 Å². The number of nitrogens with one attached hydrogen (secondary N) is 2. The van der Waals surface area contributed by atoms with Crippen LogP contribution in [0.25, 0.3) is 0 Å². The molecule has 0 saturated heterocycles. The molecule has 0 bridgehead atoms. The Morgan fingerprint density at radius 2 is 2.14 bits per heavy atom. The van der Waals surface area contributed by atoms with Gasteiger partial charge in [0.05, 0.1) is 0 Å². The third-order valence-electron chi connectivity index (χ3n) is 0.847. The van der Waals surface area contributed by atoms with E-state index in [1.165, 1.54) is 6.20 Å². The summed E-state index contributed by atoms with van der Waals surface area (Å²) in [6.45, 7) is 0.304. The normalized spacial score (nSPS) is 39.7. The molecular formula is C3H6N2O2. The van der Waals surface area contributed by atoms with Gasteiger partial charge in [0, 0.05) is 6.08 Å². The summed E-state index contributed by atoms with van der Waals surface area (Å²) in [5.41, 5.74) is 0. The average Bonchev–Trinajstić information content (AvgIpc) is 1.91. The molecule has 40 valence electrons. The number of hydrogen-bond acceptors (Lipinski definition) is 2.